The topological polar surface area (TPSA) is 46.5 Å². The fourth-order valence-electron chi connectivity index (χ4n) is 2.96. The lowest BCUT2D eigenvalue weighted by atomic mass is 9.78. The quantitative estimate of drug-likeness (QED) is 0.244. The SMILES string of the molecule is CC(C=CC1(C)C=C(C)CCC1)=CC=CC(C)=CC(=O)OC(C)(C)C(C)(C)O. The normalized spacial score (nSPS) is 22.7. The van der Waals surface area contributed by atoms with Crippen LogP contribution in [0.4, 0.5) is 0 Å². The second kappa shape index (κ2) is 9.56. The zero-order valence-electron chi connectivity index (χ0n) is 18.9. The molecule has 3 heteroatoms. The summed E-state index contributed by atoms with van der Waals surface area (Å²) in [6, 6.07) is 0. The third-order valence-electron chi connectivity index (χ3n) is 5.48. The van der Waals surface area contributed by atoms with Gasteiger partial charge in [0.15, 0.2) is 0 Å². The molecule has 0 heterocycles. The number of carbonyl (C=O) groups is 1. The molecule has 0 bridgehead atoms. The Labute approximate surface area is 171 Å². The first-order chi connectivity index (χ1) is 12.7. The van der Waals surface area contributed by atoms with Crippen LogP contribution < -0.4 is 0 Å². The molecule has 0 spiro atoms. The number of rotatable bonds is 7. The van der Waals surface area contributed by atoms with E-state index in [0.717, 1.165) is 11.1 Å². The highest BCUT2D eigenvalue weighted by Gasteiger charge is 2.38. The third-order valence-corrected chi connectivity index (χ3v) is 5.48. The monoisotopic (exact) mass is 386 g/mol. The molecule has 0 aromatic rings. The first-order valence-electron chi connectivity index (χ1n) is 10.1. The van der Waals surface area contributed by atoms with Crippen LogP contribution in [-0.2, 0) is 9.53 Å². The Morgan fingerprint density at radius 2 is 1.82 bits per heavy atom. The first kappa shape index (κ1) is 24.2. The largest absolute Gasteiger partial charge is 0.453 e. The van der Waals surface area contributed by atoms with Crippen LogP contribution in [0.1, 0.15) is 74.7 Å². The van der Waals surface area contributed by atoms with Crippen molar-refractivity contribution in [2.75, 3.05) is 0 Å². The van der Waals surface area contributed by atoms with Gasteiger partial charge >= 0.3 is 5.97 Å². The summed E-state index contributed by atoms with van der Waals surface area (Å²) in [5.74, 6) is -0.456. The Kier molecular flexibility index (Phi) is 8.25. The molecule has 1 N–H and O–H groups in total. The van der Waals surface area contributed by atoms with Crippen molar-refractivity contribution in [3.05, 3.63) is 59.3 Å². The van der Waals surface area contributed by atoms with Gasteiger partial charge < -0.3 is 9.84 Å². The molecule has 3 nitrogen and oxygen atoms in total. The van der Waals surface area contributed by atoms with Gasteiger partial charge in [0.1, 0.15) is 5.60 Å². The molecule has 0 saturated carbocycles. The third kappa shape index (κ3) is 8.02. The van der Waals surface area contributed by atoms with Crippen molar-refractivity contribution in [1.82, 2.24) is 0 Å². The molecule has 0 aromatic heterocycles. The molecule has 0 saturated heterocycles. The second-order valence-corrected chi connectivity index (χ2v) is 9.33. The molecule has 156 valence electrons. The summed E-state index contributed by atoms with van der Waals surface area (Å²) in [5.41, 5.74) is 1.49. The van der Waals surface area contributed by atoms with Crippen LogP contribution >= 0.6 is 0 Å². The van der Waals surface area contributed by atoms with Crippen LogP contribution in [0.3, 0.4) is 0 Å². The Bertz CT molecular complexity index is 709. The maximum Gasteiger partial charge on any atom is 0.331 e. The summed E-state index contributed by atoms with van der Waals surface area (Å²) in [5, 5.41) is 10.1. The number of hydrogen-bond donors (Lipinski definition) is 1. The molecule has 1 rings (SSSR count). The number of allylic oxidation sites excluding steroid dienone is 9. The number of ether oxygens (including phenoxy) is 1. The zero-order chi connectivity index (χ0) is 21.6. The van der Waals surface area contributed by atoms with Crippen molar-refractivity contribution in [3.63, 3.8) is 0 Å². The van der Waals surface area contributed by atoms with Crippen molar-refractivity contribution >= 4 is 5.97 Å². The molecule has 0 fully saturated rings. The van der Waals surface area contributed by atoms with Crippen LogP contribution in [0, 0.1) is 5.41 Å². The van der Waals surface area contributed by atoms with Crippen molar-refractivity contribution in [2.24, 2.45) is 5.41 Å². The fourth-order valence-corrected chi connectivity index (χ4v) is 2.96. The number of esters is 1. The number of carbonyl (C=O) groups excluding carboxylic acids is 1. The van der Waals surface area contributed by atoms with Crippen molar-refractivity contribution in [1.29, 1.82) is 0 Å². The molecule has 1 atom stereocenters. The van der Waals surface area contributed by atoms with E-state index in [1.807, 2.05) is 25.2 Å². The lowest BCUT2D eigenvalue weighted by molar-refractivity contribution is -0.175. The van der Waals surface area contributed by atoms with Crippen LogP contribution in [0.5, 0.6) is 0 Å². The van der Waals surface area contributed by atoms with Gasteiger partial charge in [0, 0.05) is 11.5 Å². The van der Waals surface area contributed by atoms with Crippen LogP contribution in [0.2, 0.25) is 0 Å². The molecule has 0 amide bonds. The van der Waals surface area contributed by atoms with Gasteiger partial charge in [0.05, 0.1) is 5.60 Å². The summed E-state index contributed by atoms with van der Waals surface area (Å²) in [4.78, 5) is 12.1. The smallest absolute Gasteiger partial charge is 0.331 e. The molecular formula is C25H38O3. The maximum atomic E-state index is 12.1. The molecule has 0 aromatic carbocycles. The van der Waals surface area contributed by atoms with E-state index in [1.165, 1.54) is 30.9 Å². The van der Waals surface area contributed by atoms with E-state index in [0.29, 0.717) is 0 Å². The van der Waals surface area contributed by atoms with Crippen LogP contribution in [0.25, 0.3) is 0 Å². The van der Waals surface area contributed by atoms with Gasteiger partial charge in [-0.05, 0) is 73.3 Å². The molecule has 0 aliphatic heterocycles. The summed E-state index contributed by atoms with van der Waals surface area (Å²) >= 11 is 0. The van der Waals surface area contributed by atoms with Gasteiger partial charge in [-0.3, -0.25) is 0 Å². The summed E-state index contributed by atoms with van der Waals surface area (Å²) in [6.07, 6.45) is 17.8. The van der Waals surface area contributed by atoms with E-state index >= 15 is 0 Å². The van der Waals surface area contributed by atoms with E-state index in [-0.39, 0.29) is 5.41 Å². The highest BCUT2D eigenvalue weighted by atomic mass is 16.6. The highest BCUT2D eigenvalue weighted by molar-refractivity contribution is 5.83. The molecule has 0 radical (unpaired) electrons. The molecule has 28 heavy (non-hydrogen) atoms. The Morgan fingerprint density at radius 3 is 2.39 bits per heavy atom. The van der Waals surface area contributed by atoms with Gasteiger partial charge in [0.25, 0.3) is 0 Å². The van der Waals surface area contributed by atoms with Crippen molar-refractivity contribution < 1.29 is 14.6 Å². The summed E-state index contributed by atoms with van der Waals surface area (Å²) in [6.45, 7) is 15.1. The number of aliphatic hydroxyl groups is 1. The molecule has 1 aliphatic rings. The minimum Gasteiger partial charge on any atom is -0.453 e. The van der Waals surface area contributed by atoms with E-state index in [4.69, 9.17) is 4.74 Å². The molecule has 1 aliphatic carbocycles. The lowest BCUT2D eigenvalue weighted by Gasteiger charge is -2.36. The lowest BCUT2D eigenvalue weighted by Crippen LogP contribution is -2.48. The van der Waals surface area contributed by atoms with E-state index in [1.54, 1.807) is 27.7 Å². The van der Waals surface area contributed by atoms with Gasteiger partial charge in [-0.15, -0.1) is 0 Å². The molecule has 1 unspecified atom stereocenters. The average Bonchev–Trinajstić information content (AvgIpc) is 2.51. The minimum absolute atomic E-state index is 0.147. The molecular weight excluding hydrogens is 348 g/mol. The zero-order valence-corrected chi connectivity index (χ0v) is 18.9. The standard InChI is InChI=1S/C25H38O3/c1-19(14-16-25(8)15-10-13-21(3)18-25)11-9-12-20(2)17-22(26)28-24(6,7)23(4,5)27/h9,11-12,14,16-18,27H,10,13,15H2,1-8H3. The minimum atomic E-state index is -1.12. The van der Waals surface area contributed by atoms with Gasteiger partial charge in [-0.2, -0.15) is 0 Å². The van der Waals surface area contributed by atoms with Crippen molar-refractivity contribution in [2.45, 2.75) is 85.9 Å². The highest BCUT2D eigenvalue weighted by Crippen LogP contribution is 2.35. The van der Waals surface area contributed by atoms with E-state index in [9.17, 15) is 9.90 Å². The van der Waals surface area contributed by atoms with Crippen molar-refractivity contribution in [3.8, 4) is 0 Å². The van der Waals surface area contributed by atoms with Gasteiger partial charge in [-0.1, -0.05) is 54.5 Å². The van der Waals surface area contributed by atoms with E-state index in [2.05, 4.69) is 39.0 Å². The fraction of sp³-hybridized carbons (Fsp3) is 0.560. The second-order valence-electron chi connectivity index (χ2n) is 9.33. The predicted molar refractivity (Wildman–Crippen MR) is 118 cm³/mol. The van der Waals surface area contributed by atoms with Crippen LogP contribution in [-0.4, -0.2) is 22.3 Å². The Morgan fingerprint density at radius 1 is 1.18 bits per heavy atom. The number of hydrogen-bond acceptors (Lipinski definition) is 3. The Balaban J connectivity index is 2.69. The first-order valence-corrected chi connectivity index (χ1v) is 10.1. The predicted octanol–water partition coefficient (Wildman–Crippen LogP) is 6.22. The van der Waals surface area contributed by atoms with Gasteiger partial charge in [-0.25, -0.2) is 4.79 Å². The maximum absolute atomic E-state index is 12.1. The average molecular weight is 387 g/mol. The van der Waals surface area contributed by atoms with Gasteiger partial charge in [0.2, 0.25) is 0 Å². The van der Waals surface area contributed by atoms with E-state index < -0.39 is 17.2 Å². The summed E-state index contributed by atoms with van der Waals surface area (Å²) in [7, 11) is 0. The summed E-state index contributed by atoms with van der Waals surface area (Å²) < 4.78 is 5.39. The Hall–Kier alpha value is -1.87. The van der Waals surface area contributed by atoms with Crippen LogP contribution in [0.15, 0.2) is 59.3 Å².